The molecule has 3 aliphatic heterocycles. The monoisotopic (exact) mass is 326 g/mol. The van der Waals surface area contributed by atoms with E-state index < -0.39 is 5.97 Å². The third-order valence-corrected chi connectivity index (χ3v) is 7.71. The Bertz CT molecular complexity index is 705. The minimum Gasteiger partial charge on any atom is -0.481 e. The van der Waals surface area contributed by atoms with Crippen LogP contribution in [0.1, 0.15) is 44.6 Å². The second kappa shape index (κ2) is 4.75. The van der Waals surface area contributed by atoms with Crippen molar-refractivity contribution in [2.24, 2.45) is 11.3 Å². The fourth-order valence-electron chi connectivity index (χ4n) is 6.93. The third kappa shape index (κ3) is 1.56. The first kappa shape index (κ1) is 14.8. The van der Waals surface area contributed by atoms with Gasteiger partial charge in [0, 0.05) is 17.1 Å². The van der Waals surface area contributed by atoms with Gasteiger partial charge in [0.15, 0.2) is 0 Å². The van der Waals surface area contributed by atoms with Crippen LogP contribution in [-0.2, 0) is 10.2 Å². The molecule has 5 rings (SSSR count). The number of anilines is 1. The molecule has 0 aromatic heterocycles. The molecule has 0 unspecified atom stereocenters. The maximum atomic E-state index is 12.2. The summed E-state index contributed by atoms with van der Waals surface area (Å²) in [6, 6.07) is 9.13. The highest BCUT2D eigenvalue weighted by Crippen LogP contribution is 2.65. The first-order valence-corrected chi connectivity index (χ1v) is 9.45. The van der Waals surface area contributed by atoms with Crippen LogP contribution in [0.25, 0.3) is 0 Å². The minimum atomic E-state index is -0.616. The van der Waals surface area contributed by atoms with E-state index in [1.54, 1.807) is 0 Å². The summed E-state index contributed by atoms with van der Waals surface area (Å²) >= 11 is 0. The molecule has 5 atom stereocenters. The zero-order valence-electron chi connectivity index (χ0n) is 14.3. The molecule has 1 aromatic rings. The average molecular weight is 326 g/mol. The van der Waals surface area contributed by atoms with Gasteiger partial charge in [-0.2, -0.15) is 0 Å². The molecule has 1 aliphatic carbocycles. The summed E-state index contributed by atoms with van der Waals surface area (Å²) in [5.41, 5.74) is 2.70. The van der Waals surface area contributed by atoms with Crippen molar-refractivity contribution in [2.45, 2.75) is 56.5 Å². The zero-order chi connectivity index (χ0) is 16.5. The molecule has 4 heteroatoms. The van der Waals surface area contributed by atoms with Crippen LogP contribution in [-0.4, -0.2) is 41.1 Å². The van der Waals surface area contributed by atoms with Gasteiger partial charge in [0.05, 0.1) is 12.0 Å². The third-order valence-electron chi connectivity index (χ3n) is 7.71. The first-order chi connectivity index (χ1) is 11.6. The SMILES string of the molecule is CC[C@@]12CCCN3CC[C@]4(c5ccccc5N[C@@H]4[C@@H](C(=O)O)C1)[C@H]32. The molecule has 3 heterocycles. The molecule has 3 fully saturated rings. The van der Waals surface area contributed by atoms with E-state index in [2.05, 4.69) is 41.4 Å². The number of benzene rings is 1. The Labute approximate surface area is 143 Å². The van der Waals surface area contributed by atoms with Crippen molar-refractivity contribution in [3.05, 3.63) is 29.8 Å². The molecule has 2 N–H and O–H groups in total. The van der Waals surface area contributed by atoms with Gasteiger partial charge < -0.3 is 10.4 Å². The molecule has 0 amide bonds. The summed E-state index contributed by atoms with van der Waals surface area (Å²) < 4.78 is 0. The van der Waals surface area contributed by atoms with Crippen LogP contribution in [0.15, 0.2) is 24.3 Å². The summed E-state index contributed by atoms with van der Waals surface area (Å²) in [4.78, 5) is 14.9. The van der Waals surface area contributed by atoms with E-state index in [0.29, 0.717) is 6.04 Å². The number of piperidine rings is 1. The summed E-state index contributed by atoms with van der Waals surface area (Å²) in [5, 5.41) is 13.7. The molecule has 4 aliphatic rings. The predicted molar refractivity (Wildman–Crippen MR) is 93.2 cm³/mol. The van der Waals surface area contributed by atoms with Crippen molar-refractivity contribution in [2.75, 3.05) is 18.4 Å². The Morgan fingerprint density at radius 1 is 1.33 bits per heavy atom. The van der Waals surface area contributed by atoms with Gasteiger partial charge in [-0.05, 0) is 62.2 Å². The number of carboxylic acid groups (broad SMARTS) is 1. The Morgan fingerprint density at radius 2 is 2.17 bits per heavy atom. The van der Waals surface area contributed by atoms with E-state index in [0.717, 1.165) is 25.8 Å². The quantitative estimate of drug-likeness (QED) is 0.877. The van der Waals surface area contributed by atoms with Gasteiger partial charge in [-0.15, -0.1) is 0 Å². The number of nitrogens with zero attached hydrogens (tertiary/aromatic N) is 1. The fourth-order valence-corrected chi connectivity index (χ4v) is 6.93. The number of hydrogen-bond donors (Lipinski definition) is 2. The first-order valence-electron chi connectivity index (χ1n) is 9.45. The molecule has 1 saturated carbocycles. The number of aliphatic carboxylic acids is 1. The van der Waals surface area contributed by atoms with Crippen LogP contribution in [0.3, 0.4) is 0 Å². The highest BCUT2D eigenvalue weighted by molar-refractivity contribution is 5.76. The largest absolute Gasteiger partial charge is 0.481 e. The molecule has 0 bridgehead atoms. The highest BCUT2D eigenvalue weighted by Gasteiger charge is 2.69. The Balaban J connectivity index is 1.75. The standard InChI is InChI=1S/C20H26N2O2/c1-2-19-8-5-10-22-11-9-20(18(19)22)14-6-3-4-7-15(14)21-16(20)13(12-19)17(23)24/h3-4,6-7,13,16,18,21H,2,5,8-12H2,1H3,(H,23,24)/t13-,16+,18+,19+,20+/m0/s1. The lowest BCUT2D eigenvalue weighted by atomic mass is 9.49. The summed E-state index contributed by atoms with van der Waals surface area (Å²) in [7, 11) is 0. The lowest BCUT2D eigenvalue weighted by Gasteiger charge is -2.59. The topological polar surface area (TPSA) is 52.6 Å². The van der Waals surface area contributed by atoms with E-state index in [1.165, 1.54) is 30.6 Å². The number of fused-ring (bicyclic) bond motifs is 1. The van der Waals surface area contributed by atoms with E-state index in [4.69, 9.17) is 0 Å². The lowest BCUT2D eigenvalue weighted by molar-refractivity contribution is -0.150. The number of carboxylic acids is 1. The fraction of sp³-hybridized carbons (Fsp3) is 0.650. The number of hydrogen-bond acceptors (Lipinski definition) is 3. The predicted octanol–water partition coefficient (Wildman–Crippen LogP) is 3.09. The van der Waals surface area contributed by atoms with Crippen molar-refractivity contribution in [3.8, 4) is 0 Å². The van der Waals surface area contributed by atoms with Crippen LogP contribution in [0, 0.1) is 11.3 Å². The van der Waals surface area contributed by atoms with Crippen LogP contribution < -0.4 is 5.32 Å². The Morgan fingerprint density at radius 3 is 2.96 bits per heavy atom. The molecule has 128 valence electrons. The van der Waals surface area contributed by atoms with Crippen LogP contribution in [0.4, 0.5) is 5.69 Å². The number of nitrogens with one attached hydrogen (secondary N) is 1. The summed E-state index contributed by atoms with van der Waals surface area (Å²) in [5.74, 6) is -0.901. The van der Waals surface area contributed by atoms with Crippen molar-refractivity contribution in [1.29, 1.82) is 0 Å². The molecule has 4 nitrogen and oxygen atoms in total. The van der Waals surface area contributed by atoms with Crippen LogP contribution >= 0.6 is 0 Å². The maximum Gasteiger partial charge on any atom is 0.308 e. The number of carbonyl (C=O) groups is 1. The Kier molecular flexibility index (Phi) is 2.92. The lowest BCUT2D eigenvalue weighted by Crippen LogP contribution is -2.67. The molecule has 24 heavy (non-hydrogen) atoms. The van der Waals surface area contributed by atoms with Crippen LogP contribution in [0.2, 0.25) is 0 Å². The van der Waals surface area contributed by atoms with E-state index in [1.807, 2.05) is 0 Å². The number of para-hydroxylation sites is 1. The minimum absolute atomic E-state index is 0.0195. The van der Waals surface area contributed by atoms with Crippen molar-refractivity contribution < 1.29 is 9.90 Å². The normalized spacial score (nSPS) is 42.8. The summed E-state index contributed by atoms with van der Waals surface area (Å²) in [6.07, 6.45) is 5.41. The maximum absolute atomic E-state index is 12.2. The zero-order valence-corrected chi connectivity index (χ0v) is 14.3. The van der Waals surface area contributed by atoms with Gasteiger partial charge in [-0.1, -0.05) is 25.1 Å². The van der Waals surface area contributed by atoms with Crippen molar-refractivity contribution in [3.63, 3.8) is 0 Å². The average Bonchev–Trinajstić information content (AvgIpc) is 3.15. The molecular formula is C20H26N2O2. The molecular weight excluding hydrogens is 300 g/mol. The van der Waals surface area contributed by atoms with Gasteiger partial charge in [0.25, 0.3) is 0 Å². The molecule has 0 radical (unpaired) electrons. The molecule has 2 saturated heterocycles. The van der Waals surface area contributed by atoms with Gasteiger partial charge >= 0.3 is 5.97 Å². The van der Waals surface area contributed by atoms with E-state index >= 15 is 0 Å². The number of rotatable bonds is 2. The smallest absolute Gasteiger partial charge is 0.308 e. The highest BCUT2D eigenvalue weighted by atomic mass is 16.4. The van der Waals surface area contributed by atoms with Gasteiger partial charge in [-0.25, -0.2) is 0 Å². The van der Waals surface area contributed by atoms with Gasteiger partial charge in [0.2, 0.25) is 0 Å². The Hall–Kier alpha value is -1.55. The van der Waals surface area contributed by atoms with Crippen molar-refractivity contribution >= 4 is 11.7 Å². The van der Waals surface area contributed by atoms with Gasteiger partial charge in [-0.3, -0.25) is 9.69 Å². The van der Waals surface area contributed by atoms with Crippen molar-refractivity contribution in [1.82, 2.24) is 4.90 Å². The molecule has 1 spiro atoms. The van der Waals surface area contributed by atoms with E-state index in [-0.39, 0.29) is 22.8 Å². The van der Waals surface area contributed by atoms with Crippen LogP contribution in [0.5, 0.6) is 0 Å². The second-order valence-electron chi connectivity index (χ2n) is 8.36. The van der Waals surface area contributed by atoms with E-state index in [9.17, 15) is 9.90 Å². The second-order valence-corrected chi connectivity index (χ2v) is 8.36. The van der Waals surface area contributed by atoms with Gasteiger partial charge in [0.1, 0.15) is 0 Å². The summed E-state index contributed by atoms with van der Waals surface area (Å²) in [6.45, 7) is 4.58. The molecule has 1 aromatic carbocycles.